The maximum absolute atomic E-state index is 9.61. The largest absolute Gasteiger partial charge is 0.367 e. The summed E-state index contributed by atoms with van der Waals surface area (Å²) in [6, 6.07) is 12.7. The third kappa shape index (κ3) is 2.36. The molecule has 0 heterocycles. The number of nitriles is 1. The first-order valence-corrected chi connectivity index (χ1v) is 7.06. The van der Waals surface area contributed by atoms with Crippen LogP contribution in [0.2, 0.25) is 0 Å². The molecular weight excluding hydrogens is 220 g/mol. The number of anilines is 1. The summed E-state index contributed by atoms with van der Waals surface area (Å²) in [4.78, 5) is 0. The van der Waals surface area contributed by atoms with E-state index in [1.165, 1.54) is 25.7 Å². The zero-order chi connectivity index (χ0) is 12.4. The van der Waals surface area contributed by atoms with Crippen LogP contribution in [0.25, 0.3) is 0 Å². The van der Waals surface area contributed by atoms with Gasteiger partial charge in [0.05, 0.1) is 6.07 Å². The smallest absolute Gasteiger partial charge is 0.125 e. The van der Waals surface area contributed by atoms with Gasteiger partial charge >= 0.3 is 0 Å². The van der Waals surface area contributed by atoms with Crippen molar-refractivity contribution in [3.05, 3.63) is 30.3 Å². The number of nitrogens with zero attached hydrogens (tertiary/aromatic N) is 1. The van der Waals surface area contributed by atoms with Gasteiger partial charge in [0.2, 0.25) is 0 Å². The Morgan fingerprint density at radius 1 is 1.11 bits per heavy atom. The average Bonchev–Trinajstić information content (AvgIpc) is 3.24. The normalized spacial score (nSPS) is 31.6. The van der Waals surface area contributed by atoms with Gasteiger partial charge in [-0.3, -0.25) is 0 Å². The number of hydrogen-bond acceptors (Lipinski definition) is 2. The molecule has 2 saturated carbocycles. The van der Waals surface area contributed by atoms with E-state index in [0.717, 1.165) is 30.4 Å². The molecule has 2 aliphatic carbocycles. The molecule has 2 unspecified atom stereocenters. The van der Waals surface area contributed by atoms with Gasteiger partial charge in [0.15, 0.2) is 0 Å². The Morgan fingerprint density at radius 2 is 1.89 bits per heavy atom. The van der Waals surface area contributed by atoms with Crippen LogP contribution in [0.15, 0.2) is 30.3 Å². The lowest BCUT2D eigenvalue weighted by Crippen LogP contribution is -2.42. The fraction of sp³-hybridized carbons (Fsp3) is 0.562. The molecule has 2 aliphatic rings. The lowest BCUT2D eigenvalue weighted by molar-refractivity contribution is 0.263. The quantitative estimate of drug-likeness (QED) is 0.868. The lowest BCUT2D eigenvalue weighted by atomic mass is 9.74. The van der Waals surface area contributed by atoms with Gasteiger partial charge in [-0.05, 0) is 62.5 Å². The molecule has 1 aromatic carbocycles. The number of para-hydroxylation sites is 1. The predicted octanol–water partition coefficient (Wildman–Crippen LogP) is 3.96. The van der Waals surface area contributed by atoms with Crippen LogP contribution >= 0.6 is 0 Å². The maximum Gasteiger partial charge on any atom is 0.125 e. The van der Waals surface area contributed by atoms with Crippen molar-refractivity contribution >= 4 is 5.69 Å². The van der Waals surface area contributed by atoms with Gasteiger partial charge in [0, 0.05) is 5.69 Å². The van der Waals surface area contributed by atoms with E-state index < -0.39 is 0 Å². The van der Waals surface area contributed by atoms with Crippen molar-refractivity contribution in [3.63, 3.8) is 0 Å². The molecule has 0 aromatic heterocycles. The highest BCUT2D eigenvalue weighted by Crippen LogP contribution is 2.47. The monoisotopic (exact) mass is 240 g/mol. The van der Waals surface area contributed by atoms with E-state index >= 15 is 0 Å². The molecule has 1 N–H and O–H groups in total. The molecule has 0 saturated heterocycles. The fourth-order valence-corrected chi connectivity index (χ4v) is 3.33. The van der Waals surface area contributed by atoms with Gasteiger partial charge in [0.1, 0.15) is 5.54 Å². The van der Waals surface area contributed by atoms with Gasteiger partial charge in [-0.1, -0.05) is 18.2 Å². The molecule has 18 heavy (non-hydrogen) atoms. The fourth-order valence-electron chi connectivity index (χ4n) is 3.33. The summed E-state index contributed by atoms with van der Waals surface area (Å²) in [6.45, 7) is 0. The molecule has 2 heteroatoms. The molecule has 0 aliphatic heterocycles. The Labute approximate surface area is 109 Å². The Morgan fingerprint density at radius 3 is 2.56 bits per heavy atom. The van der Waals surface area contributed by atoms with Crippen molar-refractivity contribution in [2.24, 2.45) is 11.8 Å². The van der Waals surface area contributed by atoms with Crippen molar-refractivity contribution in [2.75, 3.05) is 5.32 Å². The molecule has 2 fully saturated rings. The minimum Gasteiger partial charge on any atom is -0.367 e. The first-order valence-electron chi connectivity index (χ1n) is 7.06. The zero-order valence-electron chi connectivity index (χ0n) is 10.7. The van der Waals surface area contributed by atoms with Crippen LogP contribution in [0.3, 0.4) is 0 Å². The summed E-state index contributed by atoms with van der Waals surface area (Å²) in [6.07, 6.45) is 7.30. The van der Waals surface area contributed by atoms with Crippen molar-refractivity contribution < 1.29 is 0 Å². The molecular formula is C16H20N2. The SMILES string of the molecule is N#CC1(Nc2ccccc2)CCCC(C2CC2)C1. The molecule has 2 atom stereocenters. The maximum atomic E-state index is 9.61. The Kier molecular flexibility index (Phi) is 2.99. The Bertz CT molecular complexity index is 444. The van der Waals surface area contributed by atoms with Crippen molar-refractivity contribution in [2.45, 2.75) is 44.1 Å². The second kappa shape index (κ2) is 4.65. The van der Waals surface area contributed by atoms with E-state index in [0.29, 0.717) is 0 Å². The van der Waals surface area contributed by atoms with Crippen LogP contribution in [0.4, 0.5) is 5.69 Å². The molecule has 0 radical (unpaired) electrons. The van der Waals surface area contributed by atoms with Crippen LogP contribution in [-0.2, 0) is 0 Å². The second-order valence-corrected chi connectivity index (χ2v) is 5.88. The summed E-state index contributed by atoms with van der Waals surface area (Å²) < 4.78 is 0. The second-order valence-electron chi connectivity index (χ2n) is 5.88. The van der Waals surface area contributed by atoms with Gasteiger partial charge in [-0.25, -0.2) is 0 Å². The number of hydrogen-bond donors (Lipinski definition) is 1. The Hall–Kier alpha value is -1.49. The summed E-state index contributed by atoms with van der Waals surface area (Å²) in [5, 5.41) is 13.1. The summed E-state index contributed by atoms with van der Waals surface area (Å²) >= 11 is 0. The van der Waals surface area contributed by atoms with Gasteiger partial charge in [0.25, 0.3) is 0 Å². The lowest BCUT2D eigenvalue weighted by Gasteiger charge is -2.37. The predicted molar refractivity (Wildman–Crippen MR) is 73.1 cm³/mol. The first kappa shape index (κ1) is 11.6. The highest BCUT2D eigenvalue weighted by Gasteiger charge is 2.42. The van der Waals surface area contributed by atoms with Crippen LogP contribution in [0.1, 0.15) is 38.5 Å². The molecule has 1 aromatic rings. The van der Waals surface area contributed by atoms with Crippen LogP contribution < -0.4 is 5.32 Å². The van der Waals surface area contributed by atoms with Gasteiger partial charge < -0.3 is 5.32 Å². The van der Waals surface area contributed by atoms with E-state index in [2.05, 4.69) is 23.5 Å². The van der Waals surface area contributed by atoms with E-state index in [4.69, 9.17) is 0 Å². The highest BCUT2D eigenvalue weighted by molar-refractivity contribution is 5.47. The summed E-state index contributed by atoms with van der Waals surface area (Å²) in [7, 11) is 0. The van der Waals surface area contributed by atoms with E-state index in [1.807, 2.05) is 18.2 Å². The van der Waals surface area contributed by atoms with Crippen LogP contribution in [0.5, 0.6) is 0 Å². The third-order valence-electron chi connectivity index (χ3n) is 4.45. The number of benzene rings is 1. The van der Waals surface area contributed by atoms with Crippen molar-refractivity contribution in [1.82, 2.24) is 0 Å². The van der Waals surface area contributed by atoms with Crippen molar-refractivity contribution in [3.8, 4) is 6.07 Å². The topological polar surface area (TPSA) is 35.8 Å². The molecule has 0 amide bonds. The zero-order valence-corrected chi connectivity index (χ0v) is 10.7. The van der Waals surface area contributed by atoms with Crippen molar-refractivity contribution in [1.29, 1.82) is 5.26 Å². The number of rotatable bonds is 3. The van der Waals surface area contributed by atoms with E-state index in [1.54, 1.807) is 0 Å². The van der Waals surface area contributed by atoms with E-state index in [9.17, 15) is 5.26 Å². The van der Waals surface area contributed by atoms with E-state index in [-0.39, 0.29) is 5.54 Å². The minimum absolute atomic E-state index is 0.327. The van der Waals surface area contributed by atoms with Gasteiger partial charge in [-0.2, -0.15) is 5.26 Å². The molecule has 3 rings (SSSR count). The first-order chi connectivity index (χ1) is 8.81. The van der Waals surface area contributed by atoms with Crippen LogP contribution in [0, 0.1) is 23.2 Å². The number of nitrogens with one attached hydrogen (secondary N) is 1. The van der Waals surface area contributed by atoms with Gasteiger partial charge in [-0.15, -0.1) is 0 Å². The minimum atomic E-state index is -0.327. The summed E-state index contributed by atoms with van der Waals surface area (Å²) in [5.41, 5.74) is 0.753. The average molecular weight is 240 g/mol. The third-order valence-corrected chi connectivity index (χ3v) is 4.45. The standard InChI is InChI=1S/C16H20N2/c17-12-16(18-15-6-2-1-3-7-15)10-4-5-14(11-16)13-8-9-13/h1-3,6-7,13-14,18H,4-5,8-11H2. The molecule has 94 valence electrons. The Balaban J connectivity index is 1.75. The molecule has 0 spiro atoms. The summed E-state index contributed by atoms with van der Waals surface area (Å²) in [5.74, 6) is 1.69. The molecule has 2 nitrogen and oxygen atoms in total. The van der Waals surface area contributed by atoms with Crippen LogP contribution in [-0.4, -0.2) is 5.54 Å². The molecule has 0 bridgehead atoms. The highest BCUT2D eigenvalue weighted by atomic mass is 15.0.